The minimum absolute atomic E-state index is 0.102. The van der Waals surface area contributed by atoms with Gasteiger partial charge in [-0.05, 0) is 24.3 Å². The first kappa shape index (κ1) is 38.0. The van der Waals surface area contributed by atoms with E-state index in [0.29, 0.717) is 12.1 Å². The third-order valence-corrected chi connectivity index (χ3v) is 7.11. The van der Waals surface area contributed by atoms with Gasteiger partial charge < -0.3 is 47.4 Å². The van der Waals surface area contributed by atoms with Crippen molar-refractivity contribution in [3.63, 3.8) is 0 Å². The Hall–Kier alpha value is -3.99. The molecule has 4 amide bonds. The van der Waals surface area contributed by atoms with Crippen LogP contribution >= 0.6 is 7.60 Å². The van der Waals surface area contributed by atoms with Crippen LogP contribution in [0.4, 0.5) is 8.78 Å². The lowest BCUT2D eigenvalue weighted by atomic mass is 10.00. The Balaban J connectivity index is 3.38. The number of hydrogen-bond acceptors (Lipinski definition) is 8. The van der Waals surface area contributed by atoms with E-state index in [2.05, 4.69) is 16.0 Å². The van der Waals surface area contributed by atoms with E-state index in [0.717, 1.165) is 12.1 Å². The third-order valence-electron chi connectivity index (χ3n) is 6.12. The van der Waals surface area contributed by atoms with Crippen molar-refractivity contribution in [2.75, 3.05) is 0 Å². The van der Waals surface area contributed by atoms with Gasteiger partial charge in [-0.1, -0.05) is 38.1 Å². The summed E-state index contributed by atoms with van der Waals surface area (Å²) in [5.41, 5.74) is 5.46. The van der Waals surface area contributed by atoms with Crippen LogP contribution in [0.2, 0.25) is 0 Å². The van der Waals surface area contributed by atoms with Gasteiger partial charge >= 0.3 is 25.2 Å². The Morgan fingerprint density at radius 2 is 1.36 bits per heavy atom. The molecule has 0 aliphatic carbocycles. The number of nitrogens with one attached hydrogen (secondary N) is 3. The zero-order valence-corrected chi connectivity index (χ0v) is 24.6. The largest absolute Gasteiger partial charge is 0.481 e. The second kappa shape index (κ2) is 16.2. The number of alkyl halides is 2. The molecule has 0 bridgehead atoms. The SMILES string of the molecule is CC(C)C[C@H](NC(=O)[C@H](Cc1ccc(C(F)(F)P(=O)(O)O)cc1)NC(=O)[C@H](CCC(=O)O)NC(=O)[C@@H](N)CC(=O)O)C(N)=O. The van der Waals surface area contributed by atoms with Crippen molar-refractivity contribution in [3.8, 4) is 0 Å². The van der Waals surface area contributed by atoms with Crippen molar-refractivity contribution in [1.29, 1.82) is 0 Å². The van der Waals surface area contributed by atoms with Gasteiger partial charge in [0.15, 0.2) is 0 Å². The Bertz CT molecular complexity index is 1270. The van der Waals surface area contributed by atoms with Gasteiger partial charge in [0.25, 0.3) is 0 Å². The van der Waals surface area contributed by atoms with Crippen molar-refractivity contribution < 1.29 is 62.1 Å². The van der Waals surface area contributed by atoms with E-state index in [9.17, 15) is 42.1 Å². The molecule has 0 aliphatic heterocycles. The summed E-state index contributed by atoms with van der Waals surface area (Å²) in [6, 6.07) is -2.57. The van der Waals surface area contributed by atoms with E-state index >= 15 is 0 Å². The molecule has 0 radical (unpaired) electrons. The standard InChI is InChI=1S/C25H36F2N5O11P/c1-12(2)9-17(21(29)37)31-24(40)18(10-13-3-5-14(6-4-13)25(26,27)44(41,42)43)32-23(39)16(7-8-19(33)34)30-22(38)15(28)11-20(35)36/h3-6,12,15-18H,7-11,28H2,1-2H3,(H2,29,37)(H,30,38)(H,31,40)(H,32,39)(H,33,34)(H,35,36)(H2,41,42,43)/t15-,16-,17-,18-/m0/s1. The topological polar surface area (TPSA) is 289 Å². The summed E-state index contributed by atoms with van der Waals surface area (Å²) in [6.07, 6.45) is -2.30. The average molecular weight is 652 g/mol. The van der Waals surface area contributed by atoms with Crippen molar-refractivity contribution >= 4 is 43.2 Å². The molecule has 1 rings (SSSR count). The number of carbonyl (C=O) groups excluding carboxylic acids is 4. The first-order valence-corrected chi connectivity index (χ1v) is 14.7. The lowest BCUT2D eigenvalue weighted by Crippen LogP contribution is -2.58. The molecule has 0 saturated heterocycles. The van der Waals surface area contributed by atoms with Gasteiger partial charge in [0.2, 0.25) is 23.6 Å². The number of primary amides is 1. The lowest BCUT2D eigenvalue weighted by Gasteiger charge is -2.26. The molecule has 44 heavy (non-hydrogen) atoms. The van der Waals surface area contributed by atoms with E-state index in [1.165, 1.54) is 0 Å². The molecule has 0 heterocycles. The molecule has 0 spiro atoms. The number of hydrogen-bond donors (Lipinski definition) is 9. The number of nitrogens with two attached hydrogens (primary N) is 2. The Morgan fingerprint density at radius 1 is 0.864 bits per heavy atom. The highest BCUT2D eigenvalue weighted by atomic mass is 31.2. The van der Waals surface area contributed by atoms with Gasteiger partial charge in [0.1, 0.15) is 18.1 Å². The first-order valence-electron chi connectivity index (χ1n) is 13.1. The summed E-state index contributed by atoms with van der Waals surface area (Å²) in [4.78, 5) is 90.7. The molecule has 0 aliphatic rings. The lowest BCUT2D eigenvalue weighted by molar-refractivity contribution is -0.140. The van der Waals surface area contributed by atoms with Crippen molar-refractivity contribution in [2.24, 2.45) is 17.4 Å². The predicted octanol–water partition coefficient (Wildman–Crippen LogP) is -0.891. The molecule has 0 unspecified atom stereocenters. The number of rotatable bonds is 18. The number of carboxylic acid groups (broad SMARTS) is 2. The number of halogens is 2. The quantitative estimate of drug-likeness (QED) is 0.0874. The van der Waals surface area contributed by atoms with E-state index in [4.69, 9.17) is 31.5 Å². The number of aliphatic carboxylic acids is 2. The van der Waals surface area contributed by atoms with E-state index in [-0.39, 0.29) is 17.9 Å². The first-order chi connectivity index (χ1) is 20.1. The van der Waals surface area contributed by atoms with Gasteiger partial charge in [-0.15, -0.1) is 0 Å². The molecule has 1 aromatic carbocycles. The second-order valence-corrected chi connectivity index (χ2v) is 12.0. The fourth-order valence-electron chi connectivity index (χ4n) is 3.81. The Kier molecular flexibility index (Phi) is 14.0. The summed E-state index contributed by atoms with van der Waals surface area (Å²) in [5.74, 6) is -6.98. The minimum atomic E-state index is -5.87. The number of benzene rings is 1. The molecule has 246 valence electrons. The fourth-order valence-corrected chi connectivity index (χ4v) is 4.30. The maximum absolute atomic E-state index is 14.1. The van der Waals surface area contributed by atoms with E-state index in [1.54, 1.807) is 13.8 Å². The second-order valence-electron chi connectivity index (χ2n) is 10.3. The molecule has 1 aromatic rings. The molecule has 0 fully saturated rings. The Morgan fingerprint density at radius 3 is 1.82 bits per heavy atom. The minimum Gasteiger partial charge on any atom is -0.481 e. The molecule has 16 nitrogen and oxygen atoms in total. The van der Waals surface area contributed by atoms with Gasteiger partial charge in [-0.25, -0.2) is 0 Å². The van der Waals surface area contributed by atoms with Crippen LogP contribution in [-0.4, -0.2) is 79.7 Å². The van der Waals surface area contributed by atoms with Crippen molar-refractivity contribution in [1.82, 2.24) is 16.0 Å². The van der Waals surface area contributed by atoms with Crippen LogP contribution in [-0.2, 0) is 45.4 Å². The highest BCUT2D eigenvalue weighted by Gasteiger charge is 2.50. The van der Waals surface area contributed by atoms with Crippen molar-refractivity contribution in [2.45, 2.75) is 75.8 Å². The zero-order valence-electron chi connectivity index (χ0n) is 23.7. The highest BCUT2D eigenvalue weighted by molar-refractivity contribution is 7.52. The normalized spacial score (nSPS) is 14.5. The summed E-state index contributed by atoms with van der Waals surface area (Å²) >= 11 is 0. The summed E-state index contributed by atoms with van der Waals surface area (Å²) in [7, 11) is -5.87. The average Bonchev–Trinajstić information content (AvgIpc) is 2.88. The van der Waals surface area contributed by atoms with E-state index in [1.807, 2.05) is 0 Å². The third kappa shape index (κ3) is 11.9. The number of amides is 4. The van der Waals surface area contributed by atoms with Crippen LogP contribution in [0.25, 0.3) is 0 Å². The Labute approximate surface area is 250 Å². The van der Waals surface area contributed by atoms with Crippen molar-refractivity contribution in [3.05, 3.63) is 35.4 Å². The maximum Gasteiger partial charge on any atom is 0.399 e. The number of carboxylic acids is 2. The summed E-state index contributed by atoms with van der Waals surface area (Å²) < 4.78 is 39.4. The molecule has 4 atom stereocenters. The maximum atomic E-state index is 14.1. The molecular formula is C25H36F2N5O11P. The monoisotopic (exact) mass is 651 g/mol. The highest BCUT2D eigenvalue weighted by Crippen LogP contribution is 2.59. The molecule has 0 saturated carbocycles. The fraction of sp³-hybridized carbons (Fsp3) is 0.520. The van der Waals surface area contributed by atoms with Gasteiger partial charge in [0, 0.05) is 18.4 Å². The van der Waals surface area contributed by atoms with Crippen LogP contribution < -0.4 is 27.4 Å². The van der Waals surface area contributed by atoms with Crippen LogP contribution in [0, 0.1) is 5.92 Å². The summed E-state index contributed by atoms with van der Waals surface area (Å²) in [5, 5.41) is 24.8. The van der Waals surface area contributed by atoms with Gasteiger partial charge in [-0.2, -0.15) is 8.78 Å². The van der Waals surface area contributed by atoms with Crippen LogP contribution in [0.1, 0.15) is 50.7 Å². The number of carbonyl (C=O) groups is 6. The smallest absolute Gasteiger partial charge is 0.399 e. The van der Waals surface area contributed by atoms with Crippen LogP contribution in [0.5, 0.6) is 0 Å². The summed E-state index contributed by atoms with van der Waals surface area (Å²) in [6.45, 7) is 3.47. The van der Waals surface area contributed by atoms with Crippen LogP contribution in [0.15, 0.2) is 24.3 Å². The van der Waals surface area contributed by atoms with Crippen LogP contribution in [0.3, 0.4) is 0 Å². The molecule has 0 aromatic heterocycles. The van der Waals surface area contributed by atoms with E-state index < -0.39 is 104 Å². The predicted molar refractivity (Wildman–Crippen MR) is 148 cm³/mol. The van der Waals surface area contributed by atoms with Gasteiger partial charge in [0.05, 0.1) is 12.5 Å². The molecular weight excluding hydrogens is 615 g/mol. The van der Waals surface area contributed by atoms with Gasteiger partial charge in [-0.3, -0.25) is 33.3 Å². The molecule has 11 N–H and O–H groups in total. The molecule has 19 heteroatoms. The zero-order chi connectivity index (χ0) is 34.0.